The summed E-state index contributed by atoms with van der Waals surface area (Å²) in [7, 11) is 0. The number of rotatable bonds is 4. The summed E-state index contributed by atoms with van der Waals surface area (Å²) in [5, 5.41) is 20.0. The van der Waals surface area contributed by atoms with Crippen LogP contribution in [-0.4, -0.2) is 34.2 Å². The fourth-order valence-electron chi connectivity index (χ4n) is 1.32. The van der Waals surface area contributed by atoms with Gasteiger partial charge in [-0.3, -0.25) is 4.79 Å². The Morgan fingerprint density at radius 3 is 2.29 bits per heavy atom. The smallest absolute Gasteiger partial charge is 0.419 e. The van der Waals surface area contributed by atoms with E-state index >= 15 is 0 Å². The Hall–Kier alpha value is -2.16. The van der Waals surface area contributed by atoms with Gasteiger partial charge in [0.2, 0.25) is 0 Å². The highest BCUT2D eigenvalue weighted by atomic mass is 19.4. The Morgan fingerprint density at radius 1 is 1.29 bits per heavy atom. The van der Waals surface area contributed by atoms with Crippen molar-refractivity contribution in [1.29, 1.82) is 0 Å². The van der Waals surface area contributed by atoms with Crippen LogP contribution in [0.15, 0.2) is 18.2 Å². The third kappa shape index (κ3) is 4.15. The molecule has 0 bridgehead atoms. The predicted octanol–water partition coefficient (Wildman–Crippen LogP) is 1.41. The van der Waals surface area contributed by atoms with Crippen LogP contribution in [0.1, 0.15) is 22.8 Å². The third-order valence-electron chi connectivity index (χ3n) is 2.59. The average Bonchev–Trinajstić information content (AvgIpc) is 2.34. The largest absolute Gasteiger partial charge is 0.479 e. The van der Waals surface area contributed by atoms with E-state index < -0.39 is 47.1 Å². The minimum Gasteiger partial charge on any atom is -0.479 e. The zero-order valence-electron chi connectivity index (χ0n) is 10.7. The van der Waals surface area contributed by atoms with Crippen molar-refractivity contribution in [2.24, 2.45) is 0 Å². The van der Waals surface area contributed by atoms with Gasteiger partial charge in [-0.05, 0) is 25.1 Å². The van der Waals surface area contributed by atoms with Gasteiger partial charge in [-0.2, -0.15) is 13.2 Å². The number of nitrogens with one attached hydrogen (secondary N) is 1. The van der Waals surface area contributed by atoms with Crippen molar-refractivity contribution in [3.8, 4) is 0 Å². The molecular formula is C12H11F4NO4. The Bertz CT molecular complexity index is 569. The van der Waals surface area contributed by atoms with Gasteiger partial charge in [0.1, 0.15) is 5.82 Å². The van der Waals surface area contributed by atoms with Crippen molar-refractivity contribution in [3.63, 3.8) is 0 Å². The normalized spacial score (nSPS) is 14.4. The molecule has 1 aromatic carbocycles. The van der Waals surface area contributed by atoms with Gasteiger partial charge in [-0.25, -0.2) is 9.18 Å². The van der Waals surface area contributed by atoms with Crippen molar-refractivity contribution in [2.75, 3.05) is 6.54 Å². The van der Waals surface area contributed by atoms with Crippen LogP contribution in [0, 0.1) is 5.82 Å². The molecule has 1 atom stereocenters. The quantitative estimate of drug-likeness (QED) is 0.734. The summed E-state index contributed by atoms with van der Waals surface area (Å²) in [5.41, 5.74) is -4.20. The maximum atomic E-state index is 13.3. The average molecular weight is 309 g/mol. The highest BCUT2D eigenvalue weighted by Gasteiger charge is 2.34. The predicted molar refractivity (Wildman–Crippen MR) is 62.0 cm³/mol. The number of hydrogen-bond acceptors (Lipinski definition) is 3. The first kappa shape index (κ1) is 16.9. The van der Waals surface area contributed by atoms with E-state index in [0.717, 1.165) is 13.0 Å². The van der Waals surface area contributed by atoms with Crippen molar-refractivity contribution < 1.29 is 37.4 Å². The maximum absolute atomic E-state index is 13.3. The lowest BCUT2D eigenvalue weighted by molar-refractivity contribution is -0.155. The van der Waals surface area contributed by atoms with E-state index in [1.165, 1.54) is 0 Å². The van der Waals surface area contributed by atoms with Crippen molar-refractivity contribution in [2.45, 2.75) is 18.7 Å². The van der Waals surface area contributed by atoms with Gasteiger partial charge in [0.25, 0.3) is 5.91 Å². The summed E-state index contributed by atoms with van der Waals surface area (Å²) in [5.74, 6) is -4.23. The van der Waals surface area contributed by atoms with Gasteiger partial charge in [-0.15, -0.1) is 0 Å². The van der Waals surface area contributed by atoms with Gasteiger partial charge in [-0.1, -0.05) is 0 Å². The summed E-state index contributed by atoms with van der Waals surface area (Å²) in [6, 6.07) is 1.53. The molecular weight excluding hydrogens is 298 g/mol. The number of aliphatic carboxylic acids is 1. The van der Waals surface area contributed by atoms with E-state index in [4.69, 9.17) is 5.11 Å². The molecule has 21 heavy (non-hydrogen) atoms. The number of carboxylic acids is 1. The molecule has 116 valence electrons. The molecule has 0 aliphatic carbocycles. The van der Waals surface area contributed by atoms with Crippen LogP contribution in [0.5, 0.6) is 0 Å². The molecule has 0 saturated heterocycles. The highest BCUT2D eigenvalue weighted by molar-refractivity contribution is 5.94. The summed E-state index contributed by atoms with van der Waals surface area (Å²) in [6.45, 7) is 0.229. The van der Waals surface area contributed by atoms with Crippen molar-refractivity contribution in [1.82, 2.24) is 5.32 Å². The number of alkyl halides is 3. The standard InChI is InChI=1S/C12H11F4NO4/c1-11(21,10(19)20)5-17-9(18)6-2-3-7(8(13)4-6)12(14,15)16/h2-4,21H,5H2,1H3,(H,17,18)(H,19,20). The first-order chi connectivity index (χ1) is 9.45. The third-order valence-corrected chi connectivity index (χ3v) is 2.59. The number of carbonyl (C=O) groups excluding carboxylic acids is 1. The molecule has 0 spiro atoms. The van der Waals surface area contributed by atoms with Gasteiger partial charge in [0.15, 0.2) is 5.60 Å². The van der Waals surface area contributed by atoms with Crippen molar-refractivity contribution in [3.05, 3.63) is 35.1 Å². The molecule has 0 radical (unpaired) electrons. The van der Waals surface area contributed by atoms with Crippen molar-refractivity contribution >= 4 is 11.9 Å². The zero-order valence-corrected chi connectivity index (χ0v) is 10.7. The van der Waals surface area contributed by atoms with Gasteiger partial charge >= 0.3 is 12.1 Å². The summed E-state index contributed by atoms with van der Waals surface area (Å²) >= 11 is 0. The van der Waals surface area contributed by atoms with Gasteiger partial charge < -0.3 is 15.5 Å². The molecule has 1 rings (SSSR count). The van der Waals surface area contributed by atoms with Crippen LogP contribution in [0.25, 0.3) is 0 Å². The monoisotopic (exact) mass is 309 g/mol. The molecule has 0 aliphatic heterocycles. The lowest BCUT2D eigenvalue weighted by atomic mass is 10.1. The Kier molecular flexibility index (Phi) is 4.57. The van der Waals surface area contributed by atoms with Crippen LogP contribution in [0.4, 0.5) is 17.6 Å². The summed E-state index contributed by atoms with van der Waals surface area (Å²) < 4.78 is 50.3. The summed E-state index contributed by atoms with van der Waals surface area (Å²) in [4.78, 5) is 22.2. The Balaban J connectivity index is 2.86. The first-order valence-electron chi connectivity index (χ1n) is 5.56. The van der Waals surface area contributed by atoms with Crippen LogP contribution >= 0.6 is 0 Å². The van der Waals surface area contributed by atoms with E-state index in [9.17, 15) is 32.3 Å². The molecule has 0 aliphatic rings. The maximum Gasteiger partial charge on any atom is 0.419 e. The minimum atomic E-state index is -4.88. The lowest BCUT2D eigenvalue weighted by Crippen LogP contribution is -2.46. The number of carboxylic acid groups (broad SMARTS) is 1. The number of amides is 1. The second-order valence-corrected chi connectivity index (χ2v) is 4.45. The molecule has 0 aromatic heterocycles. The number of carbonyl (C=O) groups is 2. The Morgan fingerprint density at radius 2 is 1.86 bits per heavy atom. The van der Waals surface area contributed by atoms with Gasteiger partial charge in [0.05, 0.1) is 12.1 Å². The number of benzene rings is 1. The van der Waals surface area contributed by atoms with E-state index in [1.807, 2.05) is 5.32 Å². The molecule has 1 aromatic rings. The summed E-state index contributed by atoms with van der Waals surface area (Å²) in [6.07, 6.45) is -4.88. The van der Waals surface area contributed by atoms with Crippen LogP contribution in [0.2, 0.25) is 0 Å². The van der Waals surface area contributed by atoms with E-state index in [1.54, 1.807) is 0 Å². The number of hydrogen-bond donors (Lipinski definition) is 3. The molecule has 0 fully saturated rings. The fraction of sp³-hybridized carbons (Fsp3) is 0.333. The molecule has 3 N–H and O–H groups in total. The molecule has 5 nitrogen and oxygen atoms in total. The zero-order chi connectivity index (χ0) is 16.4. The second-order valence-electron chi connectivity index (χ2n) is 4.45. The van der Waals surface area contributed by atoms with Crippen LogP contribution < -0.4 is 5.32 Å². The molecule has 0 heterocycles. The van der Waals surface area contributed by atoms with E-state index in [0.29, 0.717) is 12.1 Å². The lowest BCUT2D eigenvalue weighted by Gasteiger charge is -2.18. The second kappa shape index (κ2) is 5.68. The number of aliphatic hydroxyl groups is 1. The van der Waals surface area contributed by atoms with Gasteiger partial charge in [0, 0.05) is 5.56 Å². The molecule has 1 unspecified atom stereocenters. The van der Waals surface area contributed by atoms with Crippen LogP contribution in [0.3, 0.4) is 0 Å². The fourth-order valence-corrected chi connectivity index (χ4v) is 1.32. The molecule has 1 amide bonds. The topological polar surface area (TPSA) is 86.6 Å². The minimum absolute atomic E-state index is 0.383. The van der Waals surface area contributed by atoms with E-state index in [-0.39, 0.29) is 0 Å². The molecule has 9 heteroatoms. The Labute approximate surface area is 116 Å². The van der Waals surface area contributed by atoms with E-state index in [2.05, 4.69) is 0 Å². The highest BCUT2D eigenvalue weighted by Crippen LogP contribution is 2.31. The number of halogens is 4. The SMILES string of the molecule is CC(O)(CNC(=O)c1ccc(C(F)(F)F)c(F)c1)C(=O)O. The first-order valence-corrected chi connectivity index (χ1v) is 5.56. The molecule has 0 saturated carbocycles. The van der Waals surface area contributed by atoms with Crippen LogP contribution in [-0.2, 0) is 11.0 Å².